The number of rotatable bonds is 5. The maximum Gasteiger partial charge on any atom is 0.254 e. The van der Waals surface area contributed by atoms with E-state index in [1.807, 2.05) is 0 Å². The quantitative estimate of drug-likeness (QED) is 0.776. The Bertz CT molecular complexity index is 742. The highest BCUT2D eigenvalue weighted by Crippen LogP contribution is 2.33. The number of nitrogens with zero attached hydrogens (tertiary/aromatic N) is 1. The lowest BCUT2D eigenvalue weighted by Crippen LogP contribution is -2.29. The summed E-state index contributed by atoms with van der Waals surface area (Å²) in [4.78, 5) is 12.4. The third-order valence-electron chi connectivity index (χ3n) is 4.71. The van der Waals surface area contributed by atoms with Crippen molar-refractivity contribution in [3.05, 3.63) is 52.9 Å². The molecular formula is C18H21F2N3O2. The van der Waals surface area contributed by atoms with Crippen molar-refractivity contribution in [3.63, 3.8) is 0 Å². The number of benzene rings is 1. The number of hydrogen-bond acceptors (Lipinski definition) is 3. The van der Waals surface area contributed by atoms with Gasteiger partial charge in [-0.25, -0.2) is 8.78 Å². The molecule has 5 nitrogen and oxygen atoms in total. The van der Waals surface area contributed by atoms with Gasteiger partial charge in [-0.05, 0) is 30.5 Å². The Balaban J connectivity index is 1.62. The van der Waals surface area contributed by atoms with E-state index in [4.69, 9.17) is 0 Å². The van der Waals surface area contributed by atoms with Crippen molar-refractivity contribution in [2.75, 3.05) is 6.54 Å². The van der Waals surface area contributed by atoms with Gasteiger partial charge in [-0.15, -0.1) is 0 Å². The molecule has 3 N–H and O–H groups in total. The van der Waals surface area contributed by atoms with Crippen LogP contribution in [0.1, 0.15) is 65.7 Å². The molecule has 2 aromatic rings. The molecule has 3 rings (SSSR count). The maximum absolute atomic E-state index is 13.2. The second-order valence-corrected chi connectivity index (χ2v) is 6.43. The third-order valence-corrected chi connectivity index (χ3v) is 4.71. The molecule has 0 unspecified atom stereocenters. The molecule has 25 heavy (non-hydrogen) atoms. The molecule has 1 aliphatic carbocycles. The molecule has 1 saturated carbocycles. The minimum absolute atomic E-state index is 0.0980. The summed E-state index contributed by atoms with van der Waals surface area (Å²) in [5.74, 6) is -2.04. The normalized spacial score (nSPS) is 16.6. The van der Waals surface area contributed by atoms with Crippen LogP contribution in [-0.2, 0) is 0 Å². The molecule has 134 valence electrons. The van der Waals surface area contributed by atoms with Crippen LogP contribution in [0.4, 0.5) is 8.78 Å². The summed E-state index contributed by atoms with van der Waals surface area (Å²) in [6, 6.07) is 3.17. The number of halogens is 2. The third kappa shape index (κ3) is 4.04. The van der Waals surface area contributed by atoms with Gasteiger partial charge < -0.3 is 10.4 Å². The Morgan fingerprint density at radius 2 is 2.04 bits per heavy atom. The largest absolute Gasteiger partial charge is 0.387 e. The summed E-state index contributed by atoms with van der Waals surface area (Å²) >= 11 is 0. The van der Waals surface area contributed by atoms with Gasteiger partial charge in [0, 0.05) is 12.5 Å². The SMILES string of the molecule is O=C(NC[C@H](O)c1ccc(F)c(F)c1)c1cn[nH]c1C1CCCCC1. The zero-order chi connectivity index (χ0) is 17.8. The van der Waals surface area contributed by atoms with E-state index >= 15 is 0 Å². The van der Waals surface area contributed by atoms with Crippen LogP contribution in [0.5, 0.6) is 0 Å². The zero-order valence-corrected chi connectivity index (χ0v) is 13.8. The standard InChI is InChI=1S/C18H21F2N3O2/c19-14-7-6-12(8-15(14)20)16(24)10-21-18(25)13-9-22-23-17(13)11-4-2-1-3-5-11/h6-9,11,16,24H,1-5,10H2,(H,21,25)(H,22,23)/t16-/m0/s1. The van der Waals surface area contributed by atoms with E-state index in [-0.39, 0.29) is 18.0 Å². The van der Waals surface area contributed by atoms with Gasteiger partial charge in [-0.2, -0.15) is 5.10 Å². The molecule has 0 bridgehead atoms. The Morgan fingerprint density at radius 3 is 2.76 bits per heavy atom. The van der Waals surface area contributed by atoms with Crippen molar-refractivity contribution in [3.8, 4) is 0 Å². The van der Waals surface area contributed by atoms with Crippen LogP contribution in [0.2, 0.25) is 0 Å². The Kier molecular flexibility index (Phi) is 5.43. The average Bonchev–Trinajstić information content (AvgIpc) is 3.12. The Labute approximate surface area is 144 Å². The molecule has 0 saturated heterocycles. The highest BCUT2D eigenvalue weighted by Gasteiger charge is 2.23. The van der Waals surface area contributed by atoms with Crippen LogP contribution in [0.3, 0.4) is 0 Å². The van der Waals surface area contributed by atoms with Gasteiger partial charge in [0.15, 0.2) is 11.6 Å². The fraction of sp³-hybridized carbons (Fsp3) is 0.444. The van der Waals surface area contributed by atoms with E-state index in [0.717, 1.165) is 43.5 Å². The van der Waals surface area contributed by atoms with Crippen molar-refractivity contribution < 1.29 is 18.7 Å². The monoisotopic (exact) mass is 349 g/mol. The summed E-state index contributed by atoms with van der Waals surface area (Å²) in [5.41, 5.74) is 1.52. The van der Waals surface area contributed by atoms with Gasteiger partial charge in [-0.1, -0.05) is 25.3 Å². The number of nitrogens with one attached hydrogen (secondary N) is 2. The molecule has 0 aliphatic heterocycles. The highest BCUT2D eigenvalue weighted by molar-refractivity contribution is 5.95. The van der Waals surface area contributed by atoms with Crippen LogP contribution in [-0.4, -0.2) is 27.8 Å². The number of aliphatic hydroxyl groups excluding tert-OH is 1. The zero-order valence-electron chi connectivity index (χ0n) is 13.8. The van der Waals surface area contributed by atoms with Crippen LogP contribution >= 0.6 is 0 Å². The van der Waals surface area contributed by atoms with E-state index in [0.29, 0.717) is 11.5 Å². The lowest BCUT2D eigenvalue weighted by atomic mass is 9.85. The van der Waals surface area contributed by atoms with Crippen LogP contribution < -0.4 is 5.32 Å². The van der Waals surface area contributed by atoms with Crippen molar-refractivity contribution in [1.82, 2.24) is 15.5 Å². The van der Waals surface area contributed by atoms with Gasteiger partial charge in [0.1, 0.15) is 0 Å². The molecule has 1 aromatic heterocycles. The van der Waals surface area contributed by atoms with E-state index in [2.05, 4.69) is 15.5 Å². The minimum Gasteiger partial charge on any atom is -0.387 e. The molecule has 1 atom stereocenters. The summed E-state index contributed by atoms with van der Waals surface area (Å²) < 4.78 is 26.2. The number of aliphatic hydroxyl groups is 1. The van der Waals surface area contributed by atoms with Crippen molar-refractivity contribution >= 4 is 5.91 Å². The van der Waals surface area contributed by atoms with Gasteiger partial charge in [0.05, 0.1) is 23.6 Å². The first-order chi connectivity index (χ1) is 12.1. The van der Waals surface area contributed by atoms with E-state index in [1.165, 1.54) is 18.7 Å². The van der Waals surface area contributed by atoms with E-state index in [1.54, 1.807) is 0 Å². The minimum atomic E-state index is -1.12. The van der Waals surface area contributed by atoms with Crippen molar-refractivity contribution in [2.24, 2.45) is 0 Å². The number of carbonyl (C=O) groups excluding carboxylic acids is 1. The van der Waals surface area contributed by atoms with E-state index < -0.39 is 17.7 Å². The predicted molar refractivity (Wildman–Crippen MR) is 88.1 cm³/mol. The number of aromatic nitrogens is 2. The summed E-state index contributed by atoms with van der Waals surface area (Å²) in [5, 5.41) is 19.6. The second kappa shape index (κ2) is 7.74. The first-order valence-electron chi connectivity index (χ1n) is 8.50. The summed E-state index contributed by atoms with van der Waals surface area (Å²) in [6.45, 7) is -0.0980. The number of H-pyrrole nitrogens is 1. The Hall–Kier alpha value is -2.28. The van der Waals surface area contributed by atoms with E-state index in [9.17, 15) is 18.7 Å². The van der Waals surface area contributed by atoms with Crippen molar-refractivity contribution in [1.29, 1.82) is 0 Å². The predicted octanol–water partition coefficient (Wildman–Crippen LogP) is 3.20. The fourth-order valence-electron chi connectivity index (χ4n) is 3.30. The van der Waals surface area contributed by atoms with Gasteiger partial charge in [0.25, 0.3) is 5.91 Å². The van der Waals surface area contributed by atoms with Crippen LogP contribution in [0.15, 0.2) is 24.4 Å². The van der Waals surface area contributed by atoms with Gasteiger partial charge >= 0.3 is 0 Å². The van der Waals surface area contributed by atoms with Crippen LogP contribution in [0, 0.1) is 11.6 Å². The molecule has 0 spiro atoms. The summed E-state index contributed by atoms with van der Waals surface area (Å²) in [6.07, 6.45) is 5.92. The molecule has 1 fully saturated rings. The smallest absolute Gasteiger partial charge is 0.254 e. The summed E-state index contributed by atoms with van der Waals surface area (Å²) in [7, 11) is 0. The number of amides is 1. The Morgan fingerprint density at radius 1 is 1.28 bits per heavy atom. The van der Waals surface area contributed by atoms with Crippen molar-refractivity contribution in [2.45, 2.75) is 44.1 Å². The van der Waals surface area contributed by atoms with Crippen LogP contribution in [0.25, 0.3) is 0 Å². The highest BCUT2D eigenvalue weighted by atomic mass is 19.2. The number of hydrogen-bond donors (Lipinski definition) is 3. The molecule has 1 aromatic carbocycles. The first-order valence-corrected chi connectivity index (χ1v) is 8.50. The molecule has 0 radical (unpaired) electrons. The lowest BCUT2D eigenvalue weighted by molar-refractivity contribution is 0.0914. The lowest BCUT2D eigenvalue weighted by Gasteiger charge is -2.21. The average molecular weight is 349 g/mol. The molecule has 1 heterocycles. The molecule has 7 heteroatoms. The topological polar surface area (TPSA) is 78.0 Å². The number of aromatic amines is 1. The van der Waals surface area contributed by atoms with Gasteiger partial charge in [-0.3, -0.25) is 9.89 Å². The first kappa shape index (κ1) is 17.5. The number of carbonyl (C=O) groups is 1. The van der Waals surface area contributed by atoms with Gasteiger partial charge in [0.2, 0.25) is 0 Å². The fourth-order valence-corrected chi connectivity index (χ4v) is 3.30. The molecule has 1 amide bonds. The second-order valence-electron chi connectivity index (χ2n) is 6.43. The molecule has 1 aliphatic rings. The maximum atomic E-state index is 13.2. The molecular weight excluding hydrogens is 328 g/mol.